The van der Waals surface area contributed by atoms with E-state index in [1.165, 1.54) is 11.8 Å². The topological polar surface area (TPSA) is 58.6 Å². The molecule has 5 nitrogen and oxygen atoms in total. The Balaban J connectivity index is 1.13. The van der Waals surface area contributed by atoms with Crippen molar-refractivity contribution in [1.82, 2.24) is 10.2 Å². The molecular weight excluding hydrogens is 753 g/mol. The average Bonchev–Trinajstić information content (AvgIpc) is 2.98. The number of alkyl halides is 3. The van der Waals surface area contributed by atoms with E-state index in [9.17, 15) is 14.0 Å². The molecule has 3 aromatic carbocycles. The zero-order valence-electron chi connectivity index (χ0n) is 22.6. The molecule has 1 N–H and O–H groups in total. The van der Waals surface area contributed by atoms with Crippen LogP contribution in [0.3, 0.4) is 0 Å². The Hall–Kier alpha value is -1.96. The second-order valence-electron chi connectivity index (χ2n) is 9.44. The number of methoxy groups -OCH3 is 1. The Bertz CT molecular complexity index is 1430. The fourth-order valence-electron chi connectivity index (χ4n) is 4.69. The van der Waals surface area contributed by atoms with Crippen LogP contribution < -0.4 is 10.1 Å². The van der Waals surface area contributed by atoms with Gasteiger partial charge in [0.1, 0.15) is 0 Å². The number of amides is 1. The molecule has 1 fully saturated rings. The van der Waals surface area contributed by atoms with E-state index < -0.39 is 39.6 Å². The molecule has 0 saturated carbocycles. The SMILES string of the molecule is COc1ccccc1/C=C1/Sc2ccc(C(=O)NCCCN3CCI(c4ccccc4F)CC3)cc2I(C)C1=O. The van der Waals surface area contributed by atoms with Gasteiger partial charge in [-0.1, -0.05) is 0 Å². The number of halogens is 3. The first-order chi connectivity index (χ1) is 19.4. The van der Waals surface area contributed by atoms with Gasteiger partial charge in [-0.3, -0.25) is 0 Å². The van der Waals surface area contributed by atoms with Crippen molar-refractivity contribution in [3.05, 3.63) is 95.7 Å². The number of hydrogen-bond donors (Lipinski definition) is 1. The Kier molecular flexibility index (Phi) is 10.2. The number of ether oxygens (including phenoxy) is 1. The first-order valence-corrected chi connectivity index (χ1v) is 22.4. The Morgan fingerprint density at radius 2 is 1.82 bits per heavy atom. The number of allylic oxidation sites excluding steroid dienone is 1. The summed E-state index contributed by atoms with van der Waals surface area (Å²) in [6.07, 6.45) is 2.80. The molecule has 0 aliphatic carbocycles. The van der Waals surface area contributed by atoms with Crippen molar-refractivity contribution in [2.45, 2.75) is 11.3 Å². The van der Waals surface area contributed by atoms with Gasteiger partial charge in [-0.15, -0.1) is 0 Å². The van der Waals surface area contributed by atoms with Gasteiger partial charge in [-0.05, 0) is 0 Å². The number of nitrogens with one attached hydrogen (secondary N) is 1. The normalized spacial score (nSPS) is 18.5. The second kappa shape index (κ2) is 13.8. The summed E-state index contributed by atoms with van der Waals surface area (Å²) in [7, 11) is 1.63. The quantitative estimate of drug-likeness (QED) is 0.0915. The van der Waals surface area contributed by atoms with Crippen LogP contribution in [0.4, 0.5) is 4.39 Å². The molecule has 2 aliphatic heterocycles. The van der Waals surface area contributed by atoms with E-state index in [0.717, 1.165) is 63.2 Å². The molecule has 212 valence electrons. The first kappa shape index (κ1) is 29.5. The third-order valence-corrected chi connectivity index (χ3v) is 19.5. The number of hydrogen-bond acceptors (Lipinski definition) is 5. The molecule has 40 heavy (non-hydrogen) atoms. The standard InChI is InChI=1S/C31H33FI2N2O3S/c1-33-26-20-23(12-13-28(26)40-29(30(33)37)21-22-8-3-6-11-27(22)39-2)31(38)35-16-7-17-36-18-14-34(15-19-36)25-10-5-4-9-24(25)32/h3-6,8-13,20-21H,7,14-19H2,1-2H3,(H,35,38)/b29-21+. The van der Waals surface area contributed by atoms with Crippen LogP contribution in [0.2, 0.25) is 0 Å². The van der Waals surface area contributed by atoms with Crippen molar-refractivity contribution >= 4 is 67.2 Å². The fourth-order valence-corrected chi connectivity index (χ4v) is 16.8. The fraction of sp³-hybridized carbons (Fsp3) is 0.290. The van der Waals surface area contributed by atoms with Gasteiger partial charge < -0.3 is 0 Å². The molecule has 0 bridgehead atoms. The van der Waals surface area contributed by atoms with Gasteiger partial charge >= 0.3 is 256 Å². The van der Waals surface area contributed by atoms with E-state index in [2.05, 4.69) is 15.1 Å². The molecule has 5 rings (SSSR count). The number of fused-ring (bicyclic) bond motifs is 1. The molecule has 2 aliphatic rings. The Morgan fingerprint density at radius 1 is 1.07 bits per heavy atom. The van der Waals surface area contributed by atoms with E-state index in [1.54, 1.807) is 19.2 Å². The van der Waals surface area contributed by atoms with Gasteiger partial charge in [0.15, 0.2) is 0 Å². The molecule has 0 aromatic heterocycles. The number of carbonyl (C=O) groups is 2. The van der Waals surface area contributed by atoms with Gasteiger partial charge in [-0.25, -0.2) is 0 Å². The van der Waals surface area contributed by atoms with Gasteiger partial charge in [-0.2, -0.15) is 0 Å². The number of carbonyl (C=O) groups excluding carboxylic acids is 2. The monoisotopic (exact) mass is 786 g/mol. The summed E-state index contributed by atoms with van der Waals surface area (Å²) >= 11 is -2.08. The van der Waals surface area contributed by atoms with Crippen molar-refractivity contribution in [2.24, 2.45) is 0 Å². The molecule has 3 aromatic rings. The maximum absolute atomic E-state index is 14.2. The minimum absolute atomic E-state index is 0.0313. The molecule has 2 heterocycles. The zero-order valence-corrected chi connectivity index (χ0v) is 27.7. The summed E-state index contributed by atoms with van der Waals surface area (Å²) in [5, 5.41) is 3.06. The predicted octanol–water partition coefficient (Wildman–Crippen LogP) is 6.63. The van der Waals surface area contributed by atoms with Crippen LogP contribution in [0.5, 0.6) is 5.75 Å². The van der Waals surface area contributed by atoms with Crippen LogP contribution in [-0.2, 0) is 4.79 Å². The van der Waals surface area contributed by atoms with Crippen LogP contribution >= 0.6 is 51.4 Å². The second-order valence-corrected chi connectivity index (χ2v) is 21.3. The van der Waals surface area contributed by atoms with Crippen LogP contribution in [0.1, 0.15) is 22.3 Å². The summed E-state index contributed by atoms with van der Waals surface area (Å²) in [6.45, 7) is 3.57. The third kappa shape index (κ3) is 6.91. The zero-order chi connectivity index (χ0) is 28.1. The van der Waals surface area contributed by atoms with E-state index in [-0.39, 0.29) is 15.5 Å². The van der Waals surface area contributed by atoms with Crippen molar-refractivity contribution in [3.8, 4) is 5.75 Å². The number of para-hydroxylation sites is 1. The van der Waals surface area contributed by atoms with Crippen LogP contribution in [0.25, 0.3) is 6.08 Å². The molecule has 0 atom stereocenters. The van der Waals surface area contributed by atoms with Gasteiger partial charge in [0.05, 0.1) is 0 Å². The maximum atomic E-state index is 14.2. The molecular formula is C31H33FI2N2O3S. The molecule has 0 unspecified atom stereocenters. The van der Waals surface area contributed by atoms with Gasteiger partial charge in [0.25, 0.3) is 0 Å². The summed E-state index contributed by atoms with van der Waals surface area (Å²) in [6, 6.07) is 20.7. The molecule has 0 spiro atoms. The first-order valence-electron chi connectivity index (χ1n) is 13.1. The number of thioether (sulfide) groups is 1. The van der Waals surface area contributed by atoms with E-state index >= 15 is 0 Å². The Morgan fingerprint density at radius 3 is 2.60 bits per heavy atom. The van der Waals surface area contributed by atoms with Crippen molar-refractivity contribution in [2.75, 3.05) is 47.1 Å². The summed E-state index contributed by atoms with van der Waals surface area (Å²) in [5.74, 6) is 0.620. The molecule has 1 amide bonds. The number of nitrogens with zero attached hydrogens (tertiary/aromatic N) is 1. The molecule has 0 radical (unpaired) electrons. The van der Waals surface area contributed by atoms with E-state index in [0.29, 0.717) is 12.1 Å². The summed E-state index contributed by atoms with van der Waals surface area (Å²) in [4.78, 5) is 32.5. The molecule has 1 saturated heterocycles. The predicted molar refractivity (Wildman–Crippen MR) is 179 cm³/mol. The average molecular weight is 786 g/mol. The van der Waals surface area contributed by atoms with Gasteiger partial charge in [0, 0.05) is 0 Å². The number of rotatable bonds is 8. The third-order valence-electron chi connectivity index (χ3n) is 6.90. The summed E-state index contributed by atoms with van der Waals surface area (Å²) in [5.41, 5.74) is 1.51. The minimum atomic E-state index is -2.14. The van der Waals surface area contributed by atoms with Crippen molar-refractivity contribution in [1.29, 1.82) is 0 Å². The van der Waals surface area contributed by atoms with Crippen LogP contribution in [0.15, 0.2) is 76.5 Å². The molecule has 9 heteroatoms. The Labute approximate surface area is 254 Å². The summed E-state index contributed by atoms with van der Waals surface area (Å²) < 4.78 is 24.1. The number of benzene rings is 3. The van der Waals surface area contributed by atoms with Crippen LogP contribution in [-0.4, -0.2) is 61.7 Å². The van der Waals surface area contributed by atoms with Gasteiger partial charge in [0.2, 0.25) is 0 Å². The van der Waals surface area contributed by atoms with E-state index in [4.69, 9.17) is 4.74 Å². The van der Waals surface area contributed by atoms with E-state index in [1.807, 2.05) is 60.7 Å². The van der Waals surface area contributed by atoms with Crippen LogP contribution in [0, 0.1) is 13.0 Å². The van der Waals surface area contributed by atoms with Crippen molar-refractivity contribution < 1.29 is 18.7 Å². The van der Waals surface area contributed by atoms with Crippen molar-refractivity contribution in [3.63, 3.8) is 0 Å².